The van der Waals surface area contributed by atoms with Gasteiger partial charge in [0, 0.05) is 10.8 Å². The van der Waals surface area contributed by atoms with Crippen LogP contribution in [0.15, 0.2) is 84.9 Å². The van der Waals surface area contributed by atoms with E-state index < -0.39 is 7.82 Å². The highest BCUT2D eigenvalue weighted by atomic mass is 31.2. The number of fused-ring (bicyclic) bond motifs is 2. The molecule has 0 amide bonds. The van der Waals surface area contributed by atoms with Crippen molar-refractivity contribution < 1.29 is 18.5 Å². The standard InChI is InChI=1S/C20H15O4P.C3H6N6/c21-25(22,23-19-13-5-9-15-7-1-3-11-17(15)19)24-20-14-6-10-16-8-2-4-12-18(16)20;4-1-7-2(5)9-3(6)8-1/h1-14H,(H,21,22);(H6,4,5,6,7,8,9). The quantitative estimate of drug-likeness (QED) is 0.276. The molecule has 0 spiro atoms. The zero-order valence-corrected chi connectivity index (χ0v) is 18.7. The molecule has 0 aliphatic carbocycles. The van der Waals surface area contributed by atoms with Crippen LogP contribution in [0.2, 0.25) is 0 Å². The van der Waals surface area contributed by atoms with Gasteiger partial charge in [0.25, 0.3) is 0 Å². The minimum Gasteiger partial charge on any atom is -0.395 e. The van der Waals surface area contributed by atoms with Gasteiger partial charge >= 0.3 is 7.82 Å². The van der Waals surface area contributed by atoms with Gasteiger partial charge in [0.1, 0.15) is 11.5 Å². The summed E-state index contributed by atoms with van der Waals surface area (Å²) >= 11 is 0. The van der Waals surface area contributed by atoms with E-state index in [1.54, 1.807) is 24.3 Å². The van der Waals surface area contributed by atoms with Crippen LogP contribution in [0.4, 0.5) is 17.8 Å². The van der Waals surface area contributed by atoms with E-state index in [0.29, 0.717) is 11.5 Å². The van der Waals surface area contributed by atoms with Gasteiger partial charge in [-0.1, -0.05) is 72.8 Å². The first-order valence-electron chi connectivity index (χ1n) is 10.0. The van der Waals surface area contributed by atoms with Crippen molar-refractivity contribution in [1.29, 1.82) is 0 Å². The Morgan fingerprint density at radius 1 is 0.588 bits per heavy atom. The number of nitrogen functional groups attached to an aromatic ring is 3. The summed E-state index contributed by atoms with van der Waals surface area (Å²) in [5.74, 6) is 0.744. The number of nitrogens with two attached hydrogens (primary N) is 3. The summed E-state index contributed by atoms with van der Waals surface area (Å²) in [7, 11) is -4.35. The van der Waals surface area contributed by atoms with Crippen LogP contribution >= 0.6 is 7.82 Å². The number of rotatable bonds is 4. The van der Waals surface area contributed by atoms with Crippen LogP contribution in [0, 0.1) is 0 Å². The molecule has 0 aliphatic rings. The third kappa shape index (κ3) is 5.50. The zero-order valence-electron chi connectivity index (χ0n) is 17.8. The molecule has 0 radical (unpaired) electrons. The summed E-state index contributed by atoms with van der Waals surface area (Å²) in [5.41, 5.74) is 15.4. The second kappa shape index (κ2) is 9.62. The van der Waals surface area contributed by atoms with Crippen LogP contribution in [0.1, 0.15) is 0 Å². The predicted octanol–water partition coefficient (Wildman–Crippen LogP) is 4.17. The molecule has 11 heteroatoms. The summed E-state index contributed by atoms with van der Waals surface area (Å²) in [6, 6.07) is 25.7. The summed E-state index contributed by atoms with van der Waals surface area (Å²) in [4.78, 5) is 20.7. The Balaban J connectivity index is 0.000000257. The molecule has 0 aliphatic heterocycles. The molecule has 0 unspecified atom stereocenters. The molecule has 172 valence electrons. The number of hydrogen-bond donors (Lipinski definition) is 4. The fourth-order valence-electron chi connectivity index (χ4n) is 3.24. The maximum atomic E-state index is 12.6. The molecule has 7 N–H and O–H groups in total. The van der Waals surface area contributed by atoms with Crippen LogP contribution in [0.25, 0.3) is 21.5 Å². The van der Waals surface area contributed by atoms with Gasteiger partial charge in [-0.25, -0.2) is 4.57 Å². The van der Waals surface area contributed by atoms with Crippen molar-refractivity contribution in [2.24, 2.45) is 0 Å². The lowest BCUT2D eigenvalue weighted by Gasteiger charge is -2.16. The molecule has 34 heavy (non-hydrogen) atoms. The highest BCUT2D eigenvalue weighted by Gasteiger charge is 2.26. The van der Waals surface area contributed by atoms with Crippen LogP contribution < -0.4 is 26.2 Å². The van der Waals surface area contributed by atoms with Crippen LogP contribution in [-0.2, 0) is 4.57 Å². The van der Waals surface area contributed by atoms with Crippen molar-refractivity contribution >= 4 is 47.2 Å². The molecule has 1 heterocycles. The molecule has 0 atom stereocenters. The van der Waals surface area contributed by atoms with Crippen LogP contribution in [0.5, 0.6) is 11.5 Å². The number of anilines is 3. The molecule has 0 saturated carbocycles. The third-order valence-electron chi connectivity index (χ3n) is 4.61. The number of aromatic nitrogens is 3. The summed E-state index contributed by atoms with van der Waals surface area (Å²) < 4.78 is 23.3. The fraction of sp³-hybridized carbons (Fsp3) is 0. The molecular formula is C23H21N6O4P. The Bertz CT molecular complexity index is 1370. The highest BCUT2D eigenvalue weighted by molar-refractivity contribution is 7.48. The molecule has 5 rings (SSSR count). The Morgan fingerprint density at radius 3 is 1.35 bits per heavy atom. The minimum atomic E-state index is -4.35. The van der Waals surface area contributed by atoms with Gasteiger partial charge in [-0.05, 0) is 22.9 Å². The van der Waals surface area contributed by atoms with E-state index in [9.17, 15) is 9.46 Å². The van der Waals surface area contributed by atoms with E-state index in [1.807, 2.05) is 60.7 Å². The van der Waals surface area contributed by atoms with Gasteiger partial charge in [0.05, 0.1) is 0 Å². The molecule has 4 aromatic carbocycles. The lowest BCUT2D eigenvalue weighted by atomic mass is 10.1. The van der Waals surface area contributed by atoms with E-state index in [0.717, 1.165) is 21.5 Å². The Kier molecular flexibility index (Phi) is 6.44. The molecule has 0 fully saturated rings. The molecule has 10 nitrogen and oxygen atoms in total. The highest BCUT2D eigenvalue weighted by Crippen LogP contribution is 2.47. The minimum absolute atomic E-state index is 0.0417. The second-order valence-corrected chi connectivity index (χ2v) is 8.32. The Labute approximate surface area is 194 Å². The SMILES string of the molecule is Nc1nc(N)nc(N)n1.O=P(O)(Oc1cccc2ccccc12)Oc1cccc2ccccc12. The summed E-state index contributed by atoms with van der Waals surface area (Å²) in [6.45, 7) is 0. The number of benzene rings is 4. The number of phosphoric acid groups is 1. The molecule has 5 aromatic rings. The van der Waals surface area contributed by atoms with Gasteiger partial charge in [0.15, 0.2) is 0 Å². The zero-order chi connectivity index (χ0) is 24.1. The van der Waals surface area contributed by atoms with E-state index in [1.165, 1.54) is 0 Å². The van der Waals surface area contributed by atoms with Gasteiger partial charge in [-0.15, -0.1) is 0 Å². The maximum absolute atomic E-state index is 12.6. The van der Waals surface area contributed by atoms with E-state index in [-0.39, 0.29) is 17.8 Å². The second-order valence-electron chi connectivity index (χ2n) is 7.02. The lowest BCUT2D eigenvalue weighted by Crippen LogP contribution is -2.05. The molecule has 0 saturated heterocycles. The summed E-state index contributed by atoms with van der Waals surface area (Å²) in [5, 5.41) is 3.34. The summed E-state index contributed by atoms with van der Waals surface area (Å²) in [6.07, 6.45) is 0. The number of hydrogen-bond acceptors (Lipinski definition) is 9. The van der Waals surface area contributed by atoms with Gasteiger partial charge in [-0.2, -0.15) is 15.0 Å². The van der Waals surface area contributed by atoms with Crippen LogP contribution in [0.3, 0.4) is 0 Å². The monoisotopic (exact) mass is 476 g/mol. The smallest absolute Gasteiger partial charge is 0.395 e. The average molecular weight is 476 g/mol. The van der Waals surface area contributed by atoms with Crippen LogP contribution in [-0.4, -0.2) is 19.8 Å². The Hall–Kier alpha value is -4.40. The predicted molar refractivity (Wildman–Crippen MR) is 132 cm³/mol. The molecule has 0 bridgehead atoms. The van der Waals surface area contributed by atoms with Crippen molar-refractivity contribution in [2.45, 2.75) is 0 Å². The first-order valence-corrected chi connectivity index (χ1v) is 11.5. The normalized spacial score (nSPS) is 11.0. The molecular weight excluding hydrogens is 455 g/mol. The maximum Gasteiger partial charge on any atom is 0.584 e. The number of nitrogens with zero attached hydrogens (tertiary/aromatic N) is 3. The fourth-order valence-corrected chi connectivity index (χ4v) is 4.10. The van der Waals surface area contributed by atoms with Crippen molar-refractivity contribution in [1.82, 2.24) is 15.0 Å². The van der Waals surface area contributed by atoms with E-state index in [4.69, 9.17) is 26.2 Å². The van der Waals surface area contributed by atoms with Gasteiger partial charge < -0.3 is 26.2 Å². The number of phosphoric ester groups is 1. The lowest BCUT2D eigenvalue weighted by molar-refractivity contribution is 0.293. The van der Waals surface area contributed by atoms with Crippen molar-refractivity contribution in [3.63, 3.8) is 0 Å². The van der Waals surface area contributed by atoms with E-state index >= 15 is 0 Å². The first-order chi connectivity index (χ1) is 16.3. The molecule has 1 aromatic heterocycles. The largest absolute Gasteiger partial charge is 0.584 e. The van der Waals surface area contributed by atoms with E-state index in [2.05, 4.69) is 15.0 Å². The Morgan fingerprint density at radius 2 is 0.941 bits per heavy atom. The van der Waals surface area contributed by atoms with Gasteiger partial charge in [0.2, 0.25) is 17.8 Å². The topological polar surface area (TPSA) is 172 Å². The first kappa shape index (κ1) is 22.8. The third-order valence-corrected chi connectivity index (χ3v) is 5.47. The average Bonchev–Trinajstić information content (AvgIpc) is 2.79. The van der Waals surface area contributed by atoms with Crippen molar-refractivity contribution in [3.8, 4) is 11.5 Å². The van der Waals surface area contributed by atoms with Crippen molar-refractivity contribution in [2.75, 3.05) is 17.2 Å². The van der Waals surface area contributed by atoms with Gasteiger partial charge in [-0.3, -0.25) is 4.89 Å². The van der Waals surface area contributed by atoms with Crippen molar-refractivity contribution in [3.05, 3.63) is 84.9 Å².